The molecule has 0 saturated heterocycles. The maximum Gasteiger partial charge on any atom is 0.0514 e. The minimum Gasteiger partial charge on any atom is -0.0843 e. The first-order valence-electron chi connectivity index (χ1n) is 6.27. The van der Waals surface area contributed by atoms with E-state index < -0.39 is 8.07 Å². The highest BCUT2D eigenvalue weighted by Crippen LogP contribution is 2.33. The molecule has 0 bridgehead atoms. The van der Waals surface area contributed by atoms with Crippen LogP contribution in [0.1, 0.15) is 33.1 Å². The molecule has 0 N–H and O–H groups in total. The molecule has 1 rings (SSSR count). The van der Waals surface area contributed by atoms with Gasteiger partial charge in [0.1, 0.15) is 0 Å². The molecular weight excluding hydrogens is 196 g/mol. The molecule has 1 aliphatic carbocycles. The van der Waals surface area contributed by atoms with Crippen molar-refractivity contribution >= 4 is 8.07 Å². The van der Waals surface area contributed by atoms with E-state index in [4.69, 9.17) is 0 Å². The Morgan fingerprint density at radius 2 is 2.00 bits per heavy atom. The zero-order valence-corrected chi connectivity index (χ0v) is 12.0. The van der Waals surface area contributed by atoms with Crippen molar-refractivity contribution in [2.45, 2.75) is 58.3 Å². The molecule has 0 aromatic heterocycles. The van der Waals surface area contributed by atoms with E-state index in [1.807, 2.05) is 0 Å². The third kappa shape index (κ3) is 4.37. The van der Waals surface area contributed by atoms with Gasteiger partial charge in [0.2, 0.25) is 0 Å². The highest BCUT2D eigenvalue weighted by molar-refractivity contribution is 6.78. The average Bonchev–Trinajstić information content (AvgIpc) is 2.27. The van der Waals surface area contributed by atoms with Crippen LogP contribution >= 0.6 is 0 Å². The van der Waals surface area contributed by atoms with Crippen LogP contribution in [0.4, 0.5) is 0 Å². The van der Waals surface area contributed by atoms with Gasteiger partial charge in [0, 0.05) is 0 Å². The smallest absolute Gasteiger partial charge is 0.0514 e. The molecule has 0 heterocycles. The van der Waals surface area contributed by atoms with Crippen LogP contribution in [0, 0.1) is 5.92 Å². The summed E-state index contributed by atoms with van der Waals surface area (Å²) in [5, 5.41) is 0. The van der Waals surface area contributed by atoms with E-state index in [9.17, 15) is 0 Å². The first kappa shape index (κ1) is 12.8. The summed E-state index contributed by atoms with van der Waals surface area (Å²) in [6, 6.07) is 0. The molecule has 0 aromatic carbocycles. The second kappa shape index (κ2) is 5.15. The van der Waals surface area contributed by atoms with E-state index >= 15 is 0 Å². The van der Waals surface area contributed by atoms with E-state index in [1.165, 1.54) is 19.3 Å². The van der Waals surface area contributed by atoms with Crippen molar-refractivity contribution in [2.24, 2.45) is 5.92 Å². The first-order valence-corrected chi connectivity index (χ1v) is 9.84. The lowest BCUT2D eigenvalue weighted by Crippen LogP contribution is -2.26. The Balaban J connectivity index is 2.77. The van der Waals surface area contributed by atoms with E-state index in [-0.39, 0.29) is 0 Å². The summed E-state index contributed by atoms with van der Waals surface area (Å²) in [5.41, 5.74) is 2.45. The van der Waals surface area contributed by atoms with Crippen LogP contribution < -0.4 is 0 Å². The molecule has 1 aliphatic rings. The minimum absolute atomic E-state index is 0.779. The van der Waals surface area contributed by atoms with Crippen molar-refractivity contribution in [3.8, 4) is 0 Å². The molecule has 0 radical (unpaired) electrons. The molecule has 0 nitrogen and oxygen atoms in total. The predicted octanol–water partition coefficient (Wildman–Crippen LogP) is 5.02. The summed E-state index contributed by atoms with van der Waals surface area (Å²) < 4.78 is 0. The largest absolute Gasteiger partial charge is 0.0843 e. The Kier molecular flexibility index (Phi) is 4.39. The molecule has 86 valence electrons. The maximum atomic E-state index is 2.58. The second-order valence-corrected chi connectivity index (χ2v) is 11.8. The molecule has 0 fully saturated rings. The molecule has 0 saturated carbocycles. The Morgan fingerprint density at radius 3 is 2.53 bits per heavy atom. The van der Waals surface area contributed by atoms with Crippen LogP contribution in [0.15, 0.2) is 23.8 Å². The van der Waals surface area contributed by atoms with Gasteiger partial charge in [0.05, 0.1) is 8.07 Å². The number of hydrogen-bond donors (Lipinski definition) is 0. The van der Waals surface area contributed by atoms with Gasteiger partial charge in [-0.1, -0.05) is 57.3 Å². The van der Waals surface area contributed by atoms with Crippen molar-refractivity contribution in [1.29, 1.82) is 0 Å². The van der Waals surface area contributed by atoms with Gasteiger partial charge in [-0.25, -0.2) is 0 Å². The van der Waals surface area contributed by atoms with Crippen LogP contribution in [0.3, 0.4) is 0 Å². The van der Waals surface area contributed by atoms with Gasteiger partial charge in [-0.3, -0.25) is 0 Å². The molecule has 1 unspecified atom stereocenters. The van der Waals surface area contributed by atoms with Crippen molar-refractivity contribution in [3.63, 3.8) is 0 Å². The Bertz CT molecular complexity index is 253. The molecule has 15 heavy (non-hydrogen) atoms. The van der Waals surface area contributed by atoms with Crippen LogP contribution in [0.5, 0.6) is 0 Å². The number of hydrogen-bond acceptors (Lipinski definition) is 0. The third-order valence-corrected chi connectivity index (χ3v) is 5.83. The molecule has 0 aromatic rings. The SMILES string of the molecule is CC(C)CC1=CC([Si](C)(C)C)CCC=C1. The van der Waals surface area contributed by atoms with Gasteiger partial charge in [-0.2, -0.15) is 0 Å². The van der Waals surface area contributed by atoms with Gasteiger partial charge < -0.3 is 0 Å². The molecular formula is C14H26Si. The topological polar surface area (TPSA) is 0 Å². The number of rotatable bonds is 3. The Morgan fingerprint density at radius 1 is 1.33 bits per heavy atom. The minimum atomic E-state index is -0.998. The van der Waals surface area contributed by atoms with Gasteiger partial charge in [-0.05, 0) is 30.7 Å². The quantitative estimate of drug-likeness (QED) is 0.588. The average molecular weight is 222 g/mol. The molecule has 0 amide bonds. The summed E-state index contributed by atoms with van der Waals surface area (Å²) in [7, 11) is -0.998. The van der Waals surface area contributed by atoms with E-state index in [1.54, 1.807) is 5.57 Å². The lowest BCUT2D eigenvalue weighted by molar-refractivity contribution is 0.648. The van der Waals surface area contributed by atoms with Crippen LogP contribution in [0.2, 0.25) is 25.2 Å². The summed E-state index contributed by atoms with van der Waals surface area (Å²) >= 11 is 0. The summed E-state index contributed by atoms with van der Waals surface area (Å²) in [4.78, 5) is 0. The van der Waals surface area contributed by atoms with Crippen molar-refractivity contribution < 1.29 is 0 Å². The van der Waals surface area contributed by atoms with Crippen molar-refractivity contribution in [3.05, 3.63) is 23.8 Å². The normalized spacial score (nSPS) is 22.8. The van der Waals surface area contributed by atoms with Crippen LogP contribution in [0.25, 0.3) is 0 Å². The van der Waals surface area contributed by atoms with E-state index in [2.05, 4.69) is 51.7 Å². The fourth-order valence-electron chi connectivity index (χ4n) is 2.20. The second-order valence-electron chi connectivity index (χ2n) is 6.29. The lowest BCUT2D eigenvalue weighted by atomic mass is 10.0. The van der Waals surface area contributed by atoms with Crippen molar-refractivity contribution in [1.82, 2.24) is 0 Å². The fourth-order valence-corrected chi connectivity index (χ4v) is 3.95. The number of allylic oxidation sites excluding steroid dienone is 4. The molecule has 1 atom stereocenters. The maximum absolute atomic E-state index is 2.58. The molecule has 0 aliphatic heterocycles. The predicted molar refractivity (Wildman–Crippen MR) is 73.0 cm³/mol. The highest BCUT2D eigenvalue weighted by atomic mass is 28.3. The summed E-state index contributed by atoms with van der Waals surface area (Å²) in [6.07, 6.45) is 11.2. The fraction of sp³-hybridized carbons (Fsp3) is 0.714. The van der Waals surface area contributed by atoms with Gasteiger partial charge in [0.15, 0.2) is 0 Å². The van der Waals surface area contributed by atoms with E-state index in [0.717, 1.165) is 11.5 Å². The lowest BCUT2D eigenvalue weighted by Gasteiger charge is -2.26. The monoisotopic (exact) mass is 222 g/mol. The third-order valence-electron chi connectivity index (χ3n) is 3.15. The van der Waals surface area contributed by atoms with E-state index in [0.29, 0.717) is 0 Å². The highest BCUT2D eigenvalue weighted by Gasteiger charge is 2.25. The van der Waals surface area contributed by atoms with Gasteiger partial charge >= 0.3 is 0 Å². The zero-order valence-electron chi connectivity index (χ0n) is 11.0. The summed E-state index contributed by atoms with van der Waals surface area (Å²) in [5.74, 6) is 0.779. The van der Waals surface area contributed by atoms with Gasteiger partial charge in [0.25, 0.3) is 0 Å². The molecule has 0 spiro atoms. The van der Waals surface area contributed by atoms with Crippen LogP contribution in [-0.4, -0.2) is 8.07 Å². The Labute approximate surface area is 96.5 Å². The Hall–Kier alpha value is -0.303. The first-order chi connectivity index (χ1) is 6.89. The zero-order chi connectivity index (χ0) is 11.5. The van der Waals surface area contributed by atoms with Crippen LogP contribution in [-0.2, 0) is 0 Å². The van der Waals surface area contributed by atoms with Crippen molar-refractivity contribution in [2.75, 3.05) is 0 Å². The van der Waals surface area contributed by atoms with Gasteiger partial charge in [-0.15, -0.1) is 0 Å². The molecule has 1 heteroatoms. The standard InChI is InChI=1S/C14H26Si/c1-12(2)10-13-8-6-7-9-14(11-13)15(3,4)5/h6,8,11-12,14H,7,9-10H2,1-5H3. The summed E-state index contributed by atoms with van der Waals surface area (Å²) in [6.45, 7) is 12.1.